The minimum atomic E-state index is -0.223. The lowest BCUT2D eigenvalue weighted by molar-refractivity contribution is 0.259. The van der Waals surface area contributed by atoms with E-state index in [4.69, 9.17) is 4.52 Å². The van der Waals surface area contributed by atoms with E-state index in [-0.39, 0.29) is 11.9 Å². The Hall–Kier alpha value is -1.40. The van der Waals surface area contributed by atoms with Crippen LogP contribution in [0, 0.1) is 11.7 Å². The molecule has 21 heavy (non-hydrogen) atoms. The van der Waals surface area contributed by atoms with E-state index >= 15 is 0 Å². The number of piperidine rings is 1. The smallest absolute Gasteiger partial charge is 0.243 e. The molecular formula is C15H18FN3OS. The van der Waals surface area contributed by atoms with Gasteiger partial charge in [0, 0.05) is 4.90 Å². The Morgan fingerprint density at radius 2 is 2.19 bits per heavy atom. The average Bonchev–Trinajstić information content (AvgIpc) is 2.96. The fourth-order valence-corrected chi connectivity index (χ4v) is 3.18. The van der Waals surface area contributed by atoms with Gasteiger partial charge in [-0.2, -0.15) is 4.98 Å². The molecule has 112 valence electrons. The molecule has 0 saturated carbocycles. The third kappa shape index (κ3) is 3.83. The van der Waals surface area contributed by atoms with Crippen molar-refractivity contribution in [2.45, 2.75) is 36.5 Å². The van der Waals surface area contributed by atoms with Crippen LogP contribution in [0.3, 0.4) is 0 Å². The molecule has 1 aliphatic rings. The van der Waals surface area contributed by atoms with Crippen molar-refractivity contribution < 1.29 is 8.91 Å². The summed E-state index contributed by atoms with van der Waals surface area (Å²) in [6.45, 7) is 3.24. The molecule has 1 aliphatic heterocycles. The molecule has 2 unspecified atom stereocenters. The first-order valence-electron chi connectivity index (χ1n) is 7.15. The summed E-state index contributed by atoms with van der Waals surface area (Å²) >= 11 is 1.57. The van der Waals surface area contributed by atoms with E-state index in [9.17, 15) is 4.39 Å². The van der Waals surface area contributed by atoms with Gasteiger partial charge in [-0.15, -0.1) is 11.8 Å². The third-order valence-corrected chi connectivity index (χ3v) is 4.64. The van der Waals surface area contributed by atoms with Crippen LogP contribution >= 0.6 is 11.8 Å². The number of benzene rings is 1. The normalized spacial score (nSPS) is 22.4. The second kappa shape index (κ2) is 6.58. The van der Waals surface area contributed by atoms with Crippen LogP contribution in [0.25, 0.3) is 0 Å². The van der Waals surface area contributed by atoms with Crippen molar-refractivity contribution in [1.29, 1.82) is 0 Å². The number of nitrogens with zero attached hydrogens (tertiary/aromatic N) is 2. The van der Waals surface area contributed by atoms with E-state index in [2.05, 4.69) is 22.4 Å². The van der Waals surface area contributed by atoms with Crippen molar-refractivity contribution >= 4 is 11.8 Å². The monoisotopic (exact) mass is 307 g/mol. The van der Waals surface area contributed by atoms with Crippen molar-refractivity contribution in [2.24, 2.45) is 5.92 Å². The predicted molar refractivity (Wildman–Crippen MR) is 79.4 cm³/mol. The van der Waals surface area contributed by atoms with Gasteiger partial charge in [-0.1, -0.05) is 12.1 Å². The van der Waals surface area contributed by atoms with Crippen LogP contribution in [0.4, 0.5) is 4.39 Å². The van der Waals surface area contributed by atoms with E-state index in [0.29, 0.717) is 23.4 Å². The van der Waals surface area contributed by atoms with Gasteiger partial charge < -0.3 is 9.84 Å². The maximum absolute atomic E-state index is 12.8. The number of nitrogens with one attached hydrogen (secondary N) is 1. The van der Waals surface area contributed by atoms with Crippen molar-refractivity contribution in [2.75, 3.05) is 6.54 Å². The largest absolute Gasteiger partial charge is 0.338 e. The summed E-state index contributed by atoms with van der Waals surface area (Å²) in [6, 6.07) is 6.59. The van der Waals surface area contributed by atoms with Crippen LogP contribution in [-0.4, -0.2) is 16.7 Å². The highest BCUT2D eigenvalue weighted by molar-refractivity contribution is 7.98. The first-order chi connectivity index (χ1) is 10.2. The minimum absolute atomic E-state index is 0.172. The number of aromatic nitrogens is 2. The fraction of sp³-hybridized carbons (Fsp3) is 0.467. The molecule has 6 heteroatoms. The van der Waals surface area contributed by atoms with Crippen LogP contribution in [0.2, 0.25) is 0 Å². The summed E-state index contributed by atoms with van der Waals surface area (Å²) in [6.07, 6.45) is 2.23. The lowest BCUT2D eigenvalue weighted by Crippen LogP contribution is -2.30. The van der Waals surface area contributed by atoms with Crippen LogP contribution in [0.1, 0.15) is 37.5 Å². The summed E-state index contributed by atoms with van der Waals surface area (Å²) < 4.78 is 18.2. The van der Waals surface area contributed by atoms with Gasteiger partial charge in [-0.3, -0.25) is 0 Å². The molecule has 2 aromatic rings. The van der Waals surface area contributed by atoms with Gasteiger partial charge in [0.2, 0.25) is 5.89 Å². The zero-order valence-electron chi connectivity index (χ0n) is 11.9. The Morgan fingerprint density at radius 3 is 2.95 bits per heavy atom. The predicted octanol–water partition coefficient (Wildman–Crippen LogP) is 3.56. The third-order valence-electron chi connectivity index (χ3n) is 3.63. The van der Waals surface area contributed by atoms with Gasteiger partial charge in [0.1, 0.15) is 5.82 Å². The molecule has 1 aromatic heterocycles. The Bertz CT molecular complexity index is 587. The highest BCUT2D eigenvalue weighted by atomic mass is 32.2. The van der Waals surface area contributed by atoms with Crippen molar-refractivity contribution in [1.82, 2.24) is 15.5 Å². The SMILES string of the molecule is CC1CCNC(c2nc(CSc3ccc(F)cc3)no2)C1. The van der Waals surface area contributed by atoms with Crippen molar-refractivity contribution in [3.63, 3.8) is 0 Å². The molecule has 0 spiro atoms. The lowest BCUT2D eigenvalue weighted by Gasteiger charge is -2.25. The molecule has 0 amide bonds. The minimum Gasteiger partial charge on any atom is -0.338 e. The Balaban J connectivity index is 1.58. The van der Waals surface area contributed by atoms with Crippen LogP contribution in [0.15, 0.2) is 33.7 Å². The average molecular weight is 307 g/mol. The van der Waals surface area contributed by atoms with E-state index in [1.165, 1.54) is 18.6 Å². The highest BCUT2D eigenvalue weighted by Crippen LogP contribution is 2.27. The quantitative estimate of drug-likeness (QED) is 0.875. The molecule has 1 saturated heterocycles. The van der Waals surface area contributed by atoms with E-state index in [0.717, 1.165) is 17.9 Å². The first kappa shape index (κ1) is 14.5. The molecule has 0 aliphatic carbocycles. The second-order valence-corrected chi connectivity index (χ2v) is 6.48. The highest BCUT2D eigenvalue weighted by Gasteiger charge is 2.24. The number of hydrogen-bond donors (Lipinski definition) is 1. The van der Waals surface area contributed by atoms with Gasteiger partial charge in [0.05, 0.1) is 11.8 Å². The number of halogens is 1. The van der Waals surface area contributed by atoms with Gasteiger partial charge in [0.25, 0.3) is 0 Å². The van der Waals surface area contributed by atoms with Crippen LogP contribution in [-0.2, 0) is 5.75 Å². The van der Waals surface area contributed by atoms with E-state index < -0.39 is 0 Å². The first-order valence-corrected chi connectivity index (χ1v) is 8.13. The fourth-order valence-electron chi connectivity index (χ4n) is 2.44. The summed E-state index contributed by atoms with van der Waals surface area (Å²) in [5.74, 6) is 2.44. The molecule has 0 radical (unpaired) electrons. The van der Waals surface area contributed by atoms with Crippen LogP contribution < -0.4 is 5.32 Å². The molecule has 1 aromatic carbocycles. The molecular weight excluding hydrogens is 289 g/mol. The number of hydrogen-bond acceptors (Lipinski definition) is 5. The molecule has 1 N–H and O–H groups in total. The van der Waals surface area contributed by atoms with E-state index in [1.807, 2.05) is 0 Å². The molecule has 0 bridgehead atoms. The number of thioether (sulfide) groups is 1. The maximum atomic E-state index is 12.8. The molecule has 2 atom stereocenters. The Kier molecular flexibility index (Phi) is 4.55. The number of rotatable bonds is 4. The van der Waals surface area contributed by atoms with Gasteiger partial charge >= 0.3 is 0 Å². The lowest BCUT2D eigenvalue weighted by atomic mass is 9.94. The Labute approximate surface area is 127 Å². The van der Waals surface area contributed by atoms with Gasteiger partial charge in [0.15, 0.2) is 5.82 Å². The van der Waals surface area contributed by atoms with Gasteiger partial charge in [-0.25, -0.2) is 4.39 Å². The topological polar surface area (TPSA) is 51.0 Å². The molecule has 2 heterocycles. The summed E-state index contributed by atoms with van der Waals surface area (Å²) in [5.41, 5.74) is 0. The zero-order chi connectivity index (χ0) is 14.7. The summed E-state index contributed by atoms with van der Waals surface area (Å²) in [5, 5.41) is 7.44. The zero-order valence-corrected chi connectivity index (χ0v) is 12.7. The van der Waals surface area contributed by atoms with Crippen LogP contribution in [0.5, 0.6) is 0 Å². The standard InChI is InChI=1S/C15H18FN3OS/c1-10-6-7-17-13(8-10)15-18-14(19-20-15)9-21-12-4-2-11(16)3-5-12/h2-5,10,13,17H,6-9H2,1H3. The van der Waals surface area contributed by atoms with Gasteiger partial charge in [-0.05, 0) is 49.6 Å². The Morgan fingerprint density at radius 1 is 1.38 bits per heavy atom. The summed E-state index contributed by atoms with van der Waals surface area (Å²) in [4.78, 5) is 5.46. The second-order valence-electron chi connectivity index (χ2n) is 5.43. The van der Waals surface area contributed by atoms with Crippen molar-refractivity contribution in [3.05, 3.63) is 41.8 Å². The van der Waals surface area contributed by atoms with E-state index in [1.54, 1.807) is 23.9 Å². The molecule has 1 fully saturated rings. The molecule has 4 nitrogen and oxygen atoms in total. The van der Waals surface area contributed by atoms with Crippen molar-refractivity contribution in [3.8, 4) is 0 Å². The summed E-state index contributed by atoms with van der Waals surface area (Å²) in [7, 11) is 0. The maximum Gasteiger partial charge on any atom is 0.243 e. The molecule has 3 rings (SSSR count).